The Hall–Kier alpha value is -1.84. The fourth-order valence-corrected chi connectivity index (χ4v) is 4.61. The Morgan fingerprint density at radius 2 is 1.81 bits per heavy atom. The van der Waals surface area contributed by atoms with E-state index in [-0.39, 0.29) is 17.5 Å². The molecule has 1 N–H and O–H groups in total. The van der Waals surface area contributed by atoms with Crippen LogP contribution in [0.5, 0.6) is 0 Å². The summed E-state index contributed by atoms with van der Waals surface area (Å²) < 4.78 is 0. The Balaban J connectivity index is 1.81. The molecular weight excluding hydrogens is 334 g/mol. The highest BCUT2D eigenvalue weighted by Crippen LogP contribution is 2.41. The number of nitrogens with one attached hydrogen (secondary N) is 1. The standard InChI is InChI=1S/C23H35N3O/c1-4-5-17-20-21(18-13-9-8-10-14-18)23(2,3)26(25-20)22(27)24-19-15-11-6-7-12-16-19/h8-10,13-14,19,21H,4-7,11-12,15-17H2,1-3H3,(H,24,27). The molecule has 1 aromatic rings. The number of hydrazone groups is 1. The summed E-state index contributed by atoms with van der Waals surface area (Å²) in [5.74, 6) is 0.158. The van der Waals surface area contributed by atoms with Crippen molar-refractivity contribution in [2.24, 2.45) is 5.10 Å². The first-order chi connectivity index (χ1) is 13.0. The van der Waals surface area contributed by atoms with E-state index in [0.717, 1.165) is 37.8 Å². The minimum absolute atomic E-state index is 0.0284. The van der Waals surface area contributed by atoms with E-state index in [4.69, 9.17) is 5.10 Å². The Bertz CT molecular complexity index is 645. The zero-order valence-electron chi connectivity index (χ0n) is 17.2. The maximum absolute atomic E-state index is 13.1. The fraction of sp³-hybridized carbons (Fsp3) is 0.652. The molecule has 0 bridgehead atoms. The average Bonchev–Trinajstić information content (AvgIpc) is 2.80. The summed E-state index contributed by atoms with van der Waals surface area (Å²) in [7, 11) is 0. The smallest absolute Gasteiger partial charge is 0.334 e. The van der Waals surface area contributed by atoms with E-state index in [1.807, 2.05) is 6.07 Å². The van der Waals surface area contributed by atoms with E-state index in [0.29, 0.717) is 6.04 Å². The van der Waals surface area contributed by atoms with Crippen LogP contribution in [0.25, 0.3) is 0 Å². The van der Waals surface area contributed by atoms with Crippen LogP contribution in [0, 0.1) is 0 Å². The van der Waals surface area contributed by atoms with Gasteiger partial charge in [-0.2, -0.15) is 5.10 Å². The van der Waals surface area contributed by atoms with E-state index in [1.165, 1.54) is 31.2 Å². The van der Waals surface area contributed by atoms with Gasteiger partial charge in [-0.25, -0.2) is 9.80 Å². The molecule has 148 valence electrons. The van der Waals surface area contributed by atoms with Crippen molar-refractivity contribution in [3.8, 4) is 0 Å². The summed E-state index contributed by atoms with van der Waals surface area (Å²) in [5, 5.41) is 9.88. The van der Waals surface area contributed by atoms with Crippen molar-refractivity contribution in [1.82, 2.24) is 10.3 Å². The van der Waals surface area contributed by atoms with Crippen molar-refractivity contribution in [3.63, 3.8) is 0 Å². The van der Waals surface area contributed by atoms with Gasteiger partial charge in [0.05, 0.1) is 5.54 Å². The summed E-state index contributed by atoms with van der Waals surface area (Å²) in [6, 6.07) is 10.8. The van der Waals surface area contributed by atoms with E-state index in [9.17, 15) is 4.79 Å². The van der Waals surface area contributed by atoms with Gasteiger partial charge in [0.25, 0.3) is 0 Å². The largest absolute Gasteiger partial charge is 0.338 e. The monoisotopic (exact) mass is 369 g/mol. The summed E-state index contributed by atoms with van der Waals surface area (Å²) >= 11 is 0. The minimum Gasteiger partial charge on any atom is -0.334 e. The normalized spacial score (nSPS) is 23.0. The summed E-state index contributed by atoms with van der Waals surface area (Å²) in [6.07, 6.45) is 10.4. The van der Waals surface area contributed by atoms with E-state index < -0.39 is 0 Å². The Labute approximate surface area is 164 Å². The molecule has 1 aliphatic carbocycles. The fourth-order valence-electron chi connectivity index (χ4n) is 4.61. The second kappa shape index (κ2) is 8.90. The molecule has 4 nitrogen and oxygen atoms in total. The van der Waals surface area contributed by atoms with Crippen LogP contribution in [0.2, 0.25) is 0 Å². The molecule has 2 aliphatic rings. The van der Waals surface area contributed by atoms with Gasteiger partial charge in [0.1, 0.15) is 0 Å². The Kier molecular flexibility index (Phi) is 6.56. The van der Waals surface area contributed by atoms with E-state index in [1.54, 1.807) is 5.01 Å². The molecule has 4 heteroatoms. The lowest BCUT2D eigenvalue weighted by atomic mass is 9.78. The minimum atomic E-state index is -0.362. The van der Waals surface area contributed by atoms with Gasteiger partial charge in [0, 0.05) is 17.7 Å². The lowest BCUT2D eigenvalue weighted by molar-refractivity contribution is 0.142. The van der Waals surface area contributed by atoms with Crippen molar-refractivity contribution >= 4 is 11.7 Å². The van der Waals surface area contributed by atoms with Gasteiger partial charge < -0.3 is 5.32 Å². The molecule has 1 atom stereocenters. The highest BCUT2D eigenvalue weighted by Gasteiger charge is 2.47. The van der Waals surface area contributed by atoms with Crippen LogP contribution < -0.4 is 5.32 Å². The average molecular weight is 370 g/mol. The first-order valence-corrected chi connectivity index (χ1v) is 10.8. The lowest BCUT2D eigenvalue weighted by Gasteiger charge is -2.35. The van der Waals surface area contributed by atoms with Crippen LogP contribution in [0.4, 0.5) is 4.79 Å². The Morgan fingerprint density at radius 3 is 2.44 bits per heavy atom. The van der Waals surface area contributed by atoms with Crippen LogP contribution in [0.3, 0.4) is 0 Å². The van der Waals surface area contributed by atoms with Gasteiger partial charge in [-0.15, -0.1) is 0 Å². The second-order valence-corrected chi connectivity index (χ2v) is 8.64. The molecule has 1 saturated carbocycles. The topological polar surface area (TPSA) is 44.7 Å². The SMILES string of the molecule is CCCCC1=NN(C(=O)NC2CCCCCC2)C(C)(C)C1c1ccccc1. The van der Waals surface area contributed by atoms with E-state index >= 15 is 0 Å². The van der Waals surface area contributed by atoms with Gasteiger partial charge in [-0.1, -0.05) is 69.4 Å². The molecule has 27 heavy (non-hydrogen) atoms. The summed E-state index contributed by atoms with van der Waals surface area (Å²) in [6.45, 7) is 6.51. The third kappa shape index (κ3) is 4.53. The zero-order valence-corrected chi connectivity index (χ0v) is 17.2. The van der Waals surface area contributed by atoms with Crippen molar-refractivity contribution in [2.45, 2.75) is 96.1 Å². The van der Waals surface area contributed by atoms with Crippen LogP contribution in [0.1, 0.15) is 90.0 Å². The van der Waals surface area contributed by atoms with Crippen molar-refractivity contribution in [2.75, 3.05) is 0 Å². The van der Waals surface area contributed by atoms with Crippen molar-refractivity contribution in [1.29, 1.82) is 0 Å². The first-order valence-electron chi connectivity index (χ1n) is 10.8. The lowest BCUT2D eigenvalue weighted by Crippen LogP contribution is -2.51. The van der Waals surface area contributed by atoms with Gasteiger partial charge in [-0.3, -0.25) is 0 Å². The highest BCUT2D eigenvalue weighted by molar-refractivity contribution is 5.96. The van der Waals surface area contributed by atoms with Crippen molar-refractivity contribution in [3.05, 3.63) is 35.9 Å². The molecule has 1 aliphatic heterocycles. The molecule has 0 radical (unpaired) electrons. The third-order valence-corrected chi connectivity index (χ3v) is 6.11. The number of unbranched alkanes of at least 4 members (excludes halogenated alkanes) is 1. The number of hydrogen-bond donors (Lipinski definition) is 1. The van der Waals surface area contributed by atoms with Crippen LogP contribution in [-0.4, -0.2) is 28.3 Å². The van der Waals surface area contributed by atoms with Gasteiger partial charge in [0.15, 0.2) is 0 Å². The molecule has 2 amide bonds. The summed E-state index contributed by atoms with van der Waals surface area (Å²) in [4.78, 5) is 13.1. The van der Waals surface area contributed by atoms with Crippen LogP contribution >= 0.6 is 0 Å². The first kappa shape index (κ1) is 19.9. The number of rotatable bonds is 5. The number of urea groups is 1. The molecule has 3 rings (SSSR count). The number of amides is 2. The Morgan fingerprint density at radius 1 is 1.15 bits per heavy atom. The molecule has 1 fully saturated rings. The number of benzene rings is 1. The predicted octanol–water partition coefficient (Wildman–Crippen LogP) is 5.84. The molecule has 0 spiro atoms. The number of hydrogen-bond acceptors (Lipinski definition) is 2. The van der Waals surface area contributed by atoms with Crippen LogP contribution in [-0.2, 0) is 0 Å². The van der Waals surface area contributed by atoms with Crippen LogP contribution in [0.15, 0.2) is 35.4 Å². The number of carbonyl (C=O) groups excluding carboxylic acids is 1. The number of carbonyl (C=O) groups is 1. The molecule has 1 heterocycles. The predicted molar refractivity (Wildman–Crippen MR) is 112 cm³/mol. The molecule has 0 aromatic heterocycles. The van der Waals surface area contributed by atoms with Gasteiger partial charge in [-0.05, 0) is 45.1 Å². The van der Waals surface area contributed by atoms with E-state index in [2.05, 4.69) is 50.4 Å². The summed E-state index contributed by atoms with van der Waals surface area (Å²) in [5.41, 5.74) is 2.03. The third-order valence-electron chi connectivity index (χ3n) is 6.11. The number of nitrogens with zero attached hydrogens (tertiary/aromatic N) is 2. The molecule has 1 aromatic carbocycles. The van der Waals surface area contributed by atoms with Crippen molar-refractivity contribution < 1.29 is 4.79 Å². The van der Waals surface area contributed by atoms with Gasteiger partial charge in [0.2, 0.25) is 0 Å². The molecular formula is C23H35N3O. The second-order valence-electron chi connectivity index (χ2n) is 8.64. The maximum Gasteiger partial charge on any atom is 0.338 e. The zero-order chi connectivity index (χ0) is 19.3. The van der Waals surface area contributed by atoms with Gasteiger partial charge >= 0.3 is 6.03 Å². The quantitative estimate of drug-likeness (QED) is 0.651. The molecule has 0 saturated heterocycles. The highest BCUT2D eigenvalue weighted by atomic mass is 16.2. The molecule has 1 unspecified atom stereocenters. The maximum atomic E-state index is 13.1.